The molecule has 66 heavy (non-hydrogen) atoms. The van der Waals surface area contributed by atoms with Crippen molar-refractivity contribution in [1.29, 1.82) is 0 Å². The fourth-order valence-electron chi connectivity index (χ4n) is 7.69. The number of esters is 1. The van der Waals surface area contributed by atoms with Crippen LogP contribution in [-0.2, 0) is 38.6 Å². The van der Waals surface area contributed by atoms with Gasteiger partial charge in [-0.25, -0.2) is 29.1 Å². The summed E-state index contributed by atoms with van der Waals surface area (Å²) in [6.45, 7) is 6.14. The number of hydrogen-bond donors (Lipinski definition) is 2. The number of para-hydroxylation sites is 1. The standard InChI is InChI=1S/C50H49ClFN5O8S/c1-4-61-49(59)41(26-33-25-31(27-53-20-7-22-58)11-18-39(33)64-28-35-19-21-54-46(57-35)37-9-5-6-10-40(37)60-3)65-47-43-42(36-16-17-38(44(51)30(36)2)50-62-23-8-24-63-50)45(66-48(43)56-29-55-47)32-12-14-34(52)15-13-32/h5-6,9-19,21,25,29,41,50,53,58H,4,7-8,20,22-24,26-28H2,1-3H3/t41-/m1/s1. The Labute approximate surface area is 390 Å². The Kier molecular flexibility index (Phi) is 15.4. The monoisotopic (exact) mass is 933 g/mol. The third kappa shape index (κ3) is 10.6. The SMILES string of the molecule is CCOC(=O)[C@@H](Cc1cc(CNCCCO)ccc1OCc1ccnc(-c2ccccc2OC)n1)Oc1ncnc2sc(-c3ccc(F)cc3)c(-c3ccc(C4OCCCO4)c(Cl)c3C)c12. The molecule has 0 amide bonds. The number of halogens is 2. The van der Waals surface area contributed by atoms with E-state index in [4.69, 9.17) is 45.0 Å². The summed E-state index contributed by atoms with van der Waals surface area (Å²) in [5, 5.41) is 13.7. The molecule has 0 bridgehead atoms. The molecule has 13 nitrogen and oxygen atoms in total. The minimum atomic E-state index is -1.20. The number of aliphatic hydroxyl groups is 1. The van der Waals surface area contributed by atoms with E-state index in [2.05, 4.69) is 20.3 Å². The van der Waals surface area contributed by atoms with Gasteiger partial charge in [0.2, 0.25) is 12.0 Å². The Hall–Kier alpha value is -6.07. The van der Waals surface area contributed by atoms with Crippen LogP contribution in [0.3, 0.4) is 0 Å². The zero-order valence-corrected chi connectivity index (χ0v) is 38.3. The van der Waals surface area contributed by atoms with Crippen LogP contribution >= 0.6 is 22.9 Å². The summed E-state index contributed by atoms with van der Waals surface area (Å²) in [5.74, 6) is 0.798. The van der Waals surface area contributed by atoms with Crippen molar-refractivity contribution in [1.82, 2.24) is 25.3 Å². The molecule has 1 saturated heterocycles. The van der Waals surface area contributed by atoms with E-state index < -0.39 is 18.4 Å². The van der Waals surface area contributed by atoms with Gasteiger partial charge in [-0.05, 0) is 97.4 Å². The largest absolute Gasteiger partial charge is 0.496 e. The van der Waals surface area contributed by atoms with E-state index in [1.165, 1.54) is 29.8 Å². The summed E-state index contributed by atoms with van der Waals surface area (Å²) in [4.78, 5) is 34.0. The van der Waals surface area contributed by atoms with Gasteiger partial charge >= 0.3 is 5.97 Å². The number of rotatable bonds is 19. The molecule has 0 unspecified atom stereocenters. The average molecular weight is 934 g/mol. The number of benzene rings is 4. The topological polar surface area (TPSA) is 156 Å². The first kappa shape index (κ1) is 46.5. The lowest BCUT2D eigenvalue weighted by Crippen LogP contribution is -2.32. The van der Waals surface area contributed by atoms with Gasteiger partial charge in [-0.3, -0.25) is 0 Å². The number of hydrogen-bond acceptors (Lipinski definition) is 14. The summed E-state index contributed by atoms with van der Waals surface area (Å²) < 4.78 is 50.6. The van der Waals surface area contributed by atoms with Crippen LogP contribution in [0.15, 0.2) is 97.5 Å². The second-order valence-corrected chi connectivity index (χ2v) is 16.7. The third-order valence-electron chi connectivity index (χ3n) is 10.9. The van der Waals surface area contributed by atoms with Crippen LogP contribution in [0.2, 0.25) is 5.02 Å². The van der Waals surface area contributed by atoms with Crippen LogP contribution in [0.25, 0.3) is 43.2 Å². The van der Waals surface area contributed by atoms with Crippen molar-refractivity contribution in [2.24, 2.45) is 0 Å². The number of aromatic nitrogens is 4. The fourth-order valence-corrected chi connectivity index (χ4v) is 9.10. The normalized spacial score (nSPS) is 13.4. The number of nitrogens with zero attached hydrogens (tertiary/aromatic N) is 4. The van der Waals surface area contributed by atoms with Crippen molar-refractivity contribution in [2.75, 3.05) is 40.1 Å². The first-order chi connectivity index (χ1) is 32.3. The molecule has 1 atom stereocenters. The number of carbonyl (C=O) groups is 1. The molecule has 3 aromatic heterocycles. The first-order valence-corrected chi connectivity index (χ1v) is 22.9. The molecule has 0 aliphatic carbocycles. The molecule has 4 aromatic carbocycles. The second kappa shape index (κ2) is 21.9. The maximum atomic E-state index is 14.3. The molecule has 16 heteroatoms. The van der Waals surface area contributed by atoms with Crippen molar-refractivity contribution in [3.8, 4) is 50.3 Å². The summed E-state index contributed by atoms with van der Waals surface area (Å²) in [6, 6.07) is 25.1. The zero-order valence-electron chi connectivity index (χ0n) is 36.7. The molecule has 342 valence electrons. The highest BCUT2D eigenvalue weighted by Gasteiger charge is 2.30. The van der Waals surface area contributed by atoms with Gasteiger partial charge in [0.25, 0.3) is 0 Å². The molecular formula is C50H49ClFN5O8S. The van der Waals surface area contributed by atoms with Crippen molar-refractivity contribution in [2.45, 2.75) is 58.7 Å². The Morgan fingerprint density at radius 1 is 1.00 bits per heavy atom. The van der Waals surface area contributed by atoms with Gasteiger partial charge in [-0.2, -0.15) is 0 Å². The van der Waals surface area contributed by atoms with E-state index in [1.54, 1.807) is 38.4 Å². The van der Waals surface area contributed by atoms with Crippen molar-refractivity contribution >= 4 is 39.1 Å². The highest BCUT2D eigenvalue weighted by molar-refractivity contribution is 7.22. The summed E-state index contributed by atoms with van der Waals surface area (Å²) in [6.07, 6.45) is 2.68. The first-order valence-electron chi connectivity index (χ1n) is 21.7. The number of thiophene rings is 1. The van der Waals surface area contributed by atoms with Gasteiger partial charge in [0.15, 0.2) is 12.1 Å². The summed E-state index contributed by atoms with van der Waals surface area (Å²) in [7, 11) is 1.60. The number of carbonyl (C=O) groups excluding carboxylic acids is 1. The molecule has 0 radical (unpaired) electrons. The number of fused-ring (bicyclic) bond motifs is 1. The molecule has 7 aromatic rings. The third-order valence-corrected chi connectivity index (χ3v) is 12.6. The lowest BCUT2D eigenvalue weighted by atomic mass is 9.94. The molecule has 0 spiro atoms. The number of methoxy groups -OCH3 is 1. The average Bonchev–Trinajstić information content (AvgIpc) is 3.74. The van der Waals surface area contributed by atoms with E-state index in [0.29, 0.717) is 87.7 Å². The molecular weight excluding hydrogens is 885 g/mol. The Bertz CT molecular complexity index is 2790. The van der Waals surface area contributed by atoms with Crippen molar-refractivity contribution < 1.29 is 42.7 Å². The van der Waals surface area contributed by atoms with E-state index >= 15 is 0 Å². The maximum Gasteiger partial charge on any atom is 0.347 e. The quantitative estimate of drug-likeness (QED) is 0.0585. The van der Waals surface area contributed by atoms with Crippen molar-refractivity contribution in [3.05, 3.63) is 136 Å². The molecule has 1 aliphatic heterocycles. The number of ether oxygens (including phenoxy) is 6. The van der Waals surface area contributed by atoms with E-state index in [1.807, 2.05) is 61.5 Å². The summed E-state index contributed by atoms with van der Waals surface area (Å²) in [5.41, 5.74) is 6.61. The predicted molar refractivity (Wildman–Crippen MR) is 250 cm³/mol. The highest BCUT2D eigenvalue weighted by Crippen LogP contribution is 2.49. The molecule has 1 fully saturated rings. The lowest BCUT2D eigenvalue weighted by Gasteiger charge is -2.25. The van der Waals surface area contributed by atoms with Gasteiger partial charge in [0, 0.05) is 41.8 Å². The van der Waals surface area contributed by atoms with E-state index in [0.717, 1.165) is 39.1 Å². The van der Waals surface area contributed by atoms with Crippen LogP contribution in [0.4, 0.5) is 4.39 Å². The minimum Gasteiger partial charge on any atom is -0.496 e. The lowest BCUT2D eigenvalue weighted by molar-refractivity contribution is -0.182. The highest BCUT2D eigenvalue weighted by atomic mass is 35.5. The molecule has 2 N–H and O–H groups in total. The Morgan fingerprint density at radius 3 is 2.61 bits per heavy atom. The molecule has 1 aliphatic rings. The van der Waals surface area contributed by atoms with Crippen LogP contribution in [0.5, 0.6) is 17.4 Å². The van der Waals surface area contributed by atoms with Crippen LogP contribution in [0.1, 0.15) is 54.0 Å². The Balaban J connectivity index is 1.18. The van der Waals surface area contributed by atoms with E-state index in [-0.39, 0.29) is 37.9 Å². The van der Waals surface area contributed by atoms with Gasteiger partial charge in [-0.1, -0.05) is 60.1 Å². The smallest absolute Gasteiger partial charge is 0.347 e. The van der Waals surface area contributed by atoms with Gasteiger partial charge in [-0.15, -0.1) is 11.3 Å². The Morgan fingerprint density at radius 2 is 1.82 bits per heavy atom. The van der Waals surface area contributed by atoms with E-state index in [9.17, 15) is 14.3 Å². The van der Waals surface area contributed by atoms with Crippen molar-refractivity contribution in [3.63, 3.8) is 0 Å². The maximum absolute atomic E-state index is 14.3. The number of nitrogens with one attached hydrogen (secondary N) is 1. The predicted octanol–water partition coefficient (Wildman–Crippen LogP) is 9.63. The summed E-state index contributed by atoms with van der Waals surface area (Å²) >= 11 is 8.52. The van der Waals surface area contributed by atoms with Crippen LogP contribution in [-0.4, -0.2) is 77.2 Å². The zero-order chi connectivity index (χ0) is 46.0. The molecule has 0 saturated carbocycles. The second-order valence-electron chi connectivity index (χ2n) is 15.4. The van der Waals surface area contributed by atoms with Crippen LogP contribution < -0.4 is 19.5 Å². The van der Waals surface area contributed by atoms with Gasteiger partial charge in [0.05, 0.1) is 48.6 Å². The van der Waals surface area contributed by atoms with Crippen LogP contribution in [0, 0.1) is 12.7 Å². The molecule has 4 heterocycles. The molecule has 8 rings (SSSR count). The van der Waals surface area contributed by atoms with Gasteiger partial charge in [0.1, 0.15) is 35.1 Å². The number of aliphatic hydroxyl groups excluding tert-OH is 1. The fraction of sp³-hybridized carbons (Fsp3) is 0.300. The van der Waals surface area contributed by atoms with Gasteiger partial charge < -0.3 is 38.8 Å². The minimum absolute atomic E-state index is 0.0333.